The molecule has 2 heterocycles. The molecule has 1 aromatic rings. The normalized spacial score (nSPS) is 28.8. The summed E-state index contributed by atoms with van der Waals surface area (Å²) in [6.07, 6.45) is 0.367. The summed E-state index contributed by atoms with van der Waals surface area (Å²) >= 11 is 0. The van der Waals surface area contributed by atoms with Gasteiger partial charge in [-0.1, -0.05) is 5.92 Å². The molecule has 1 saturated heterocycles. The summed E-state index contributed by atoms with van der Waals surface area (Å²) in [4.78, 5) is 25.1. The molecule has 0 amide bonds. The molecule has 0 aliphatic carbocycles. The number of rotatable bonds is 3. The van der Waals surface area contributed by atoms with Crippen LogP contribution in [-0.2, 0) is 9.47 Å². The van der Waals surface area contributed by atoms with Crippen LogP contribution in [0.5, 0.6) is 0 Å². The molecule has 0 radical (unpaired) electrons. The Hall–Kier alpha value is -1.99. The number of aromatic nitrogens is 2. The predicted octanol–water partition coefficient (Wildman–Crippen LogP) is -0.810. The number of nitrogens with one attached hydrogen (secondary N) is 1. The topological polar surface area (TPSA) is 114 Å². The minimum atomic E-state index is -2.31. The average molecular weight is 342 g/mol. The van der Waals surface area contributed by atoms with Crippen LogP contribution in [0.3, 0.4) is 0 Å². The molecule has 132 valence electrons. The number of terminal acetylenes is 1. The Morgan fingerprint density at radius 3 is 2.75 bits per heavy atom. The van der Waals surface area contributed by atoms with Gasteiger partial charge in [0.1, 0.15) is 12.2 Å². The third-order valence-electron chi connectivity index (χ3n) is 3.77. The first kappa shape index (κ1) is 18.4. The van der Waals surface area contributed by atoms with Gasteiger partial charge in [0, 0.05) is 11.8 Å². The number of nitrogens with zero attached hydrogens (tertiary/aromatic N) is 1. The van der Waals surface area contributed by atoms with Crippen LogP contribution in [0.25, 0.3) is 0 Å². The van der Waals surface area contributed by atoms with Gasteiger partial charge in [0.05, 0.1) is 6.61 Å². The molecule has 1 aromatic heterocycles. The van der Waals surface area contributed by atoms with Crippen LogP contribution in [0.15, 0.2) is 15.8 Å². The minimum absolute atomic E-state index is 0.0740. The second kappa shape index (κ2) is 6.14. The van der Waals surface area contributed by atoms with Crippen molar-refractivity contribution in [1.82, 2.24) is 9.55 Å². The highest BCUT2D eigenvalue weighted by molar-refractivity contribution is 5.16. The number of aromatic amines is 1. The van der Waals surface area contributed by atoms with Crippen LogP contribution >= 0.6 is 0 Å². The highest BCUT2D eigenvalue weighted by atomic mass is 19.1. The summed E-state index contributed by atoms with van der Waals surface area (Å²) in [5.41, 5.74) is -3.72. The maximum Gasteiger partial charge on any atom is 0.330 e. The second-order valence-electron chi connectivity index (χ2n) is 6.14. The molecule has 4 atom stereocenters. The fraction of sp³-hybridized carbons (Fsp3) is 0.600. The van der Waals surface area contributed by atoms with Crippen molar-refractivity contribution in [3.8, 4) is 12.3 Å². The van der Waals surface area contributed by atoms with E-state index in [0.717, 1.165) is 6.20 Å². The maximum atomic E-state index is 14.7. The van der Waals surface area contributed by atoms with E-state index >= 15 is 0 Å². The second-order valence-corrected chi connectivity index (χ2v) is 6.14. The van der Waals surface area contributed by atoms with Gasteiger partial charge in [-0.25, -0.2) is 9.18 Å². The van der Waals surface area contributed by atoms with E-state index in [9.17, 15) is 24.2 Å². The molecule has 9 heteroatoms. The lowest BCUT2D eigenvalue weighted by molar-refractivity contribution is -0.340. The number of hydrogen-bond donors (Lipinski definition) is 3. The number of halogens is 1. The molecule has 0 spiro atoms. The van der Waals surface area contributed by atoms with E-state index in [-0.39, 0.29) is 12.2 Å². The van der Waals surface area contributed by atoms with Crippen LogP contribution in [0, 0.1) is 19.3 Å². The van der Waals surface area contributed by atoms with Gasteiger partial charge in [-0.05, 0) is 20.8 Å². The lowest BCUT2D eigenvalue weighted by Crippen LogP contribution is -2.62. The molecule has 0 bridgehead atoms. The molecule has 1 aliphatic rings. The van der Waals surface area contributed by atoms with Crippen molar-refractivity contribution in [3.05, 3.63) is 32.6 Å². The number of aliphatic hydroxyl groups is 2. The van der Waals surface area contributed by atoms with Crippen LogP contribution in [0.2, 0.25) is 0 Å². The molecule has 3 N–H and O–H groups in total. The lowest BCUT2D eigenvalue weighted by Gasteiger charge is -2.45. The third kappa shape index (κ3) is 3.27. The molecule has 1 aliphatic heterocycles. The largest absolute Gasteiger partial charge is 0.385 e. The Morgan fingerprint density at radius 1 is 1.54 bits per heavy atom. The number of aryl methyl sites for hydroxylation is 1. The van der Waals surface area contributed by atoms with Crippen molar-refractivity contribution < 1.29 is 24.1 Å². The fourth-order valence-corrected chi connectivity index (χ4v) is 2.36. The molecular formula is C15H19FN2O6. The number of aliphatic hydroxyl groups excluding tert-OH is 1. The Kier molecular flexibility index (Phi) is 4.70. The minimum Gasteiger partial charge on any atom is -0.385 e. The van der Waals surface area contributed by atoms with E-state index in [0.29, 0.717) is 4.57 Å². The number of ether oxygens (including phenoxy) is 2. The quantitative estimate of drug-likeness (QED) is 0.619. The molecular weight excluding hydrogens is 323 g/mol. The number of H-pyrrole nitrogens is 1. The first-order chi connectivity index (χ1) is 11.0. The highest BCUT2D eigenvalue weighted by Crippen LogP contribution is 2.33. The molecule has 0 saturated carbocycles. The van der Waals surface area contributed by atoms with E-state index < -0.39 is 41.1 Å². The SMILES string of the molecule is C#C[C@@]1(O)COC(C)(C)O[C@H]1C(O)C(F)n1cc(C)c(=O)[nH]c1=O. The van der Waals surface area contributed by atoms with Gasteiger partial charge in [-0.2, -0.15) is 0 Å². The first-order valence-corrected chi connectivity index (χ1v) is 7.17. The lowest BCUT2D eigenvalue weighted by atomic mass is 9.91. The van der Waals surface area contributed by atoms with Crippen LogP contribution in [0.4, 0.5) is 4.39 Å². The van der Waals surface area contributed by atoms with Crippen LogP contribution in [0.1, 0.15) is 25.7 Å². The van der Waals surface area contributed by atoms with E-state index in [4.69, 9.17) is 15.9 Å². The summed E-state index contributed by atoms with van der Waals surface area (Å²) < 4.78 is 25.8. The summed E-state index contributed by atoms with van der Waals surface area (Å²) in [5, 5.41) is 20.7. The van der Waals surface area contributed by atoms with Crippen molar-refractivity contribution in [2.75, 3.05) is 6.61 Å². The van der Waals surface area contributed by atoms with Crippen LogP contribution < -0.4 is 11.2 Å². The molecule has 1 fully saturated rings. The van der Waals surface area contributed by atoms with Gasteiger partial charge >= 0.3 is 5.69 Å². The summed E-state index contributed by atoms with van der Waals surface area (Å²) in [6.45, 7) is 4.00. The van der Waals surface area contributed by atoms with Crippen molar-refractivity contribution in [3.63, 3.8) is 0 Å². The van der Waals surface area contributed by atoms with Gasteiger partial charge in [-0.3, -0.25) is 14.3 Å². The molecule has 2 rings (SSSR count). The van der Waals surface area contributed by atoms with E-state index in [1.807, 2.05) is 10.9 Å². The molecule has 24 heavy (non-hydrogen) atoms. The van der Waals surface area contributed by atoms with Crippen LogP contribution in [-0.4, -0.2) is 50.0 Å². The monoisotopic (exact) mass is 342 g/mol. The smallest absolute Gasteiger partial charge is 0.330 e. The van der Waals surface area contributed by atoms with Crippen molar-refractivity contribution >= 4 is 0 Å². The zero-order valence-electron chi connectivity index (χ0n) is 13.4. The van der Waals surface area contributed by atoms with E-state index in [1.54, 1.807) is 0 Å². The summed E-state index contributed by atoms with van der Waals surface area (Å²) in [6, 6.07) is 0. The fourth-order valence-electron chi connectivity index (χ4n) is 2.36. The van der Waals surface area contributed by atoms with Gasteiger partial charge in [0.15, 0.2) is 11.4 Å². The van der Waals surface area contributed by atoms with E-state index in [1.165, 1.54) is 20.8 Å². The summed E-state index contributed by atoms with van der Waals surface area (Å²) in [7, 11) is 0. The third-order valence-corrected chi connectivity index (χ3v) is 3.77. The number of hydrogen-bond acceptors (Lipinski definition) is 6. The zero-order valence-corrected chi connectivity index (χ0v) is 13.4. The van der Waals surface area contributed by atoms with Crippen molar-refractivity contribution in [2.45, 2.75) is 50.7 Å². The predicted molar refractivity (Wildman–Crippen MR) is 80.9 cm³/mol. The maximum absolute atomic E-state index is 14.7. The van der Waals surface area contributed by atoms with Crippen molar-refractivity contribution in [1.29, 1.82) is 0 Å². The van der Waals surface area contributed by atoms with Gasteiger partial charge in [0.25, 0.3) is 5.56 Å². The van der Waals surface area contributed by atoms with Gasteiger partial charge in [-0.15, -0.1) is 6.42 Å². The highest BCUT2D eigenvalue weighted by Gasteiger charge is 2.51. The molecule has 8 nitrogen and oxygen atoms in total. The standard InChI is InChI=1S/C15H19FN2O6/c1-5-15(22)7-23-14(3,4)24-10(15)9(19)11(16)18-6-8(2)12(20)17-13(18)21/h1,6,9-11,19,22H,7H2,2-4H3,(H,17,20,21)/t9?,10-,11?,15+/m0/s1. The molecule has 0 aromatic carbocycles. The number of alkyl halides is 1. The van der Waals surface area contributed by atoms with Gasteiger partial charge in [0.2, 0.25) is 6.30 Å². The van der Waals surface area contributed by atoms with E-state index in [2.05, 4.69) is 0 Å². The Morgan fingerprint density at radius 2 is 2.17 bits per heavy atom. The van der Waals surface area contributed by atoms with Crippen molar-refractivity contribution in [2.24, 2.45) is 0 Å². The zero-order chi connectivity index (χ0) is 18.3. The average Bonchev–Trinajstić information content (AvgIpc) is 2.52. The summed E-state index contributed by atoms with van der Waals surface area (Å²) in [5.74, 6) is 0.802. The Bertz CT molecular complexity index is 779. The molecule has 2 unspecified atom stereocenters. The Balaban J connectivity index is 2.40. The van der Waals surface area contributed by atoms with Gasteiger partial charge < -0.3 is 19.7 Å². The Labute approximate surface area is 136 Å². The first-order valence-electron chi connectivity index (χ1n) is 7.17.